The van der Waals surface area contributed by atoms with Crippen LogP contribution in [0.4, 0.5) is 0 Å². The SMILES string of the molecule is CS(=O)(=O)N1CC(=O)N2CCc3ccc(Cl)cc3C2C1. The number of sulfonamides is 1. The van der Waals surface area contributed by atoms with Crippen LogP contribution in [0.2, 0.25) is 5.02 Å². The monoisotopic (exact) mass is 314 g/mol. The maximum Gasteiger partial charge on any atom is 0.238 e. The van der Waals surface area contributed by atoms with E-state index in [1.54, 1.807) is 4.90 Å². The number of carbonyl (C=O) groups is 1. The molecule has 0 spiro atoms. The molecule has 0 bridgehead atoms. The largest absolute Gasteiger partial charge is 0.333 e. The van der Waals surface area contributed by atoms with Gasteiger partial charge in [0.1, 0.15) is 0 Å². The van der Waals surface area contributed by atoms with Gasteiger partial charge in [0.25, 0.3) is 0 Å². The smallest absolute Gasteiger partial charge is 0.238 e. The van der Waals surface area contributed by atoms with Gasteiger partial charge in [0.2, 0.25) is 15.9 Å². The van der Waals surface area contributed by atoms with Crippen molar-refractivity contribution in [1.82, 2.24) is 9.21 Å². The topological polar surface area (TPSA) is 57.7 Å². The summed E-state index contributed by atoms with van der Waals surface area (Å²) >= 11 is 6.04. The molecule has 1 amide bonds. The standard InChI is InChI=1S/C13H15ClN2O3S/c1-20(18,19)15-7-12-11-6-10(14)3-2-9(11)4-5-16(12)13(17)8-15/h2-3,6,12H,4-5,7-8H2,1H3. The van der Waals surface area contributed by atoms with E-state index in [1.165, 1.54) is 4.31 Å². The van der Waals surface area contributed by atoms with Gasteiger partial charge in [0.15, 0.2) is 0 Å². The van der Waals surface area contributed by atoms with E-state index in [1.807, 2.05) is 18.2 Å². The van der Waals surface area contributed by atoms with Crippen molar-refractivity contribution in [3.63, 3.8) is 0 Å². The van der Waals surface area contributed by atoms with Crippen molar-refractivity contribution in [1.29, 1.82) is 0 Å². The summed E-state index contributed by atoms with van der Waals surface area (Å²) in [6, 6.07) is 5.40. The fraction of sp³-hybridized carbons (Fsp3) is 0.462. The highest BCUT2D eigenvalue weighted by atomic mass is 35.5. The highest BCUT2D eigenvalue weighted by molar-refractivity contribution is 7.88. The number of halogens is 1. The predicted octanol–water partition coefficient (Wildman–Crippen LogP) is 1.04. The molecule has 3 rings (SSSR count). The van der Waals surface area contributed by atoms with Crippen molar-refractivity contribution < 1.29 is 13.2 Å². The first-order chi connectivity index (χ1) is 9.36. The summed E-state index contributed by atoms with van der Waals surface area (Å²) in [5.74, 6) is -0.141. The van der Waals surface area contributed by atoms with Crippen LogP contribution in [-0.4, -0.2) is 49.4 Å². The summed E-state index contributed by atoms with van der Waals surface area (Å²) in [4.78, 5) is 13.9. The van der Waals surface area contributed by atoms with Crippen molar-refractivity contribution in [3.8, 4) is 0 Å². The van der Waals surface area contributed by atoms with Crippen molar-refractivity contribution in [2.24, 2.45) is 0 Å². The second-order valence-electron chi connectivity index (χ2n) is 5.25. The molecule has 1 fully saturated rings. The van der Waals surface area contributed by atoms with Crippen LogP contribution in [-0.2, 0) is 21.2 Å². The molecule has 1 unspecified atom stereocenters. The van der Waals surface area contributed by atoms with Gasteiger partial charge in [0, 0.05) is 18.1 Å². The summed E-state index contributed by atoms with van der Waals surface area (Å²) in [6.07, 6.45) is 1.92. The van der Waals surface area contributed by atoms with Crippen molar-refractivity contribution in [3.05, 3.63) is 34.3 Å². The van der Waals surface area contributed by atoms with Gasteiger partial charge in [-0.05, 0) is 29.7 Å². The zero-order valence-electron chi connectivity index (χ0n) is 11.0. The van der Waals surface area contributed by atoms with E-state index in [0.717, 1.165) is 23.8 Å². The average Bonchev–Trinajstić information content (AvgIpc) is 2.37. The molecule has 2 heterocycles. The Labute approximate surface area is 123 Å². The molecule has 0 saturated carbocycles. The van der Waals surface area contributed by atoms with Crippen molar-refractivity contribution in [2.45, 2.75) is 12.5 Å². The van der Waals surface area contributed by atoms with Gasteiger partial charge in [-0.25, -0.2) is 8.42 Å². The highest BCUT2D eigenvalue weighted by Crippen LogP contribution is 2.35. The van der Waals surface area contributed by atoms with Crippen LogP contribution in [0.5, 0.6) is 0 Å². The third kappa shape index (κ3) is 2.32. The Morgan fingerprint density at radius 1 is 1.35 bits per heavy atom. The van der Waals surface area contributed by atoms with Crippen LogP contribution >= 0.6 is 11.6 Å². The maximum absolute atomic E-state index is 12.2. The van der Waals surface area contributed by atoms with Gasteiger partial charge in [-0.3, -0.25) is 4.79 Å². The molecule has 2 aliphatic heterocycles. The molecule has 20 heavy (non-hydrogen) atoms. The van der Waals surface area contributed by atoms with Crippen LogP contribution in [0, 0.1) is 0 Å². The fourth-order valence-electron chi connectivity index (χ4n) is 2.92. The third-order valence-corrected chi connectivity index (χ3v) is 5.39. The fourth-order valence-corrected chi connectivity index (χ4v) is 3.85. The summed E-state index contributed by atoms with van der Waals surface area (Å²) < 4.78 is 24.7. The Morgan fingerprint density at radius 3 is 2.80 bits per heavy atom. The van der Waals surface area contributed by atoms with Gasteiger partial charge < -0.3 is 4.90 Å². The van der Waals surface area contributed by atoms with Crippen molar-refractivity contribution >= 4 is 27.5 Å². The molecular weight excluding hydrogens is 300 g/mol. The molecule has 0 aromatic heterocycles. The number of piperazine rings is 1. The van der Waals surface area contributed by atoms with Gasteiger partial charge in [-0.1, -0.05) is 17.7 Å². The quantitative estimate of drug-likeness (QED) is 0.778. The summed E-state index contributed by atoms with van der Waals surface area (Å²) in [5.41, 5.74) is 2.10. The number of rotatable bonds is 1. The van der Waals surface area contributed by atoms with Crippen LogP contribution in [0.3, 0.4) is 0 Å². The zero-order chi connectivity index (χ0) is 14.5. The van der Waals surface area contributed by atoms with Crippen molar-refractivity contribution in [2.75, 3.05) is 25.9 Å². The van der Waals surface area contributed by atoms with E-state index in [-0.39, 0.29) is 18.5 Å². The van der Waals surface area contributed by atoms with Crippen LogP contribution < -0.4 is 0 Å². The van der Waals surface area contributed by atoms with Gasteiger partial charge >= 0.3 is 0 Å². The molecule has 5 nitrogen and oxygen atoms in total. The molecular formula is C13H15ClN2O3S. The first kappa shape index (κ1) is 13.9. The molecule has 0 N–H and O–H groups in total. The Balaban J connectivity index is 2.03. The normalized spacial score (nSPS) is 23.4. The second-order valence-corrected chi connectivity index (χ2v) is 7.67. The first-order valence-corrected chi connectivity index (χ1v) is 8.62. The third-order valence-electron chi connectivity index (χ3n) is 3.94. The molecule has 2 aliphatic rings. The van der Waals surface area contributed by atoms with E-state index in [2.05, 4.69) is 0 Å². The Kier molecular flexibility index (Phi) is 3.27. The molecule has 0 radical (unpaired) electrons. The van der Waals surface area contributed by atoms with Gasteiger partial charge in [-0.15, -0.1) is 0 Å². The van der Waals surface area contributed by atoms with E-state index >= 15 is 0 Å². The molecule has 1 atom stereocenters. The van der Waals surface area contributed by atoms with E-state index in [4.69, 9.17) is 11.6 Å². The second kappa shape index (κ2) is 4.72. The van der Waals surface area contributed by atoms with Crippen LogP contribution in [0.15, 0.2) is 18.2 Å². The number of hydrogen-bond acceptors (Lipinski definition) is 3. The lowest BCUT2D eigenvalue weighted by atomic mass is 9.91. The lowest BCUT2D eigenvalue weighted by Crippen LogP contribution is -2.55. The average molecular weight is 315 g/mol. The number of amides is 1. The minimum Gasteiger partial charge on any atom is -0.333 e. The van der Waals surface area contributed by atoms with Gasteiger partial charge in [-0.2, -0.15) is 4.31 Å². The molecule has 1 aromatic rings. The number of benzene rings is 1. The van der Waals surface area contributed by atoms with Gasteiger partial charge in [0.05, 0.1) is 18.8 Å². The zero-order valence-corrected chi connectivity index (χ0v) is 12.6. The lowest BCUT2D eigenvalue weighted by Gasteiger charge is -2.43. The highest BCUT2D eigenvalue weighted by Gasteiger charge is 2.39. The molecule has 108 valence electrons. The maximum atomic E-state index is 12.2. The molecule has 1 aromatic carbocycles. The lowest BCUT2D eigenvalue weighted by molar-refractivity contribution is -0.138. The van der Waals surface area contributed by atoms with Crippen LogP contribution in [0.1, 0.15) is 17.2 Å². The molecule has 1 saturated heterocycles. The van der Waals surface area contributed by atoms with E-state index in [9.17, 15) is 13.2 Å². The number of nitrogens with zero attached hydrogens (tertiary/aromatic N) is 2. The first-order valence-electron chi connectivity index (χ1n) is 6.39. The summed E-state index contributed by atoms with van der Waals surface area (Å²) in [6.45, 7) is 0.874. The molecule has 7 heteroatoms. The summed E-state index contributed by atoms with van der Waals surface area (Å²) in [5, 5.41) is 0.606. The number of hydrogen-bond donors (Lipinski definition) is 0. The Morgan fingerprint density at radius 2 is 2.10 bits per heavy atom. The minimum absolute atomic E-state index is 0.0643. The molecule has 0 aliphatic carbocycles. The number of fused-ring (bicyclic) bond motifs is 3. The Hall–Kier alpha value is -1.11. The minimum atomic E-state index is -3.37. The van der Waals surface area contributed by atoms with E-state index in [0.29, 0.717) is 18.1 Å². The van der Waals surface area contributed by atoms with Crippen LogP contribution in [0.25, 0.3) is 0 Å². The summed E-state index contributed by atoms with van der Waals surface area (Å²) in [7, 11) is -3.37. The predicted molar refractivity (Wildman–Crippen MR) is 76.0 cm³/mol. The Bertz CT molecular complexity index is 674. The number of carbonyl (C=O) groups excluding carboxylic acids is 1. The van der Waals surface area contributed by atoms with E-state index < -0.39 is 10.0 Å².